The second-order valence-electron chi connectivity index (χ2n) is 36.3. The topological polar surface area (TPSA) is 223 Å². The molecule has 0 unspecified atom stereocenters. The molecule has 0 N–H and O–H groups in total. The fourth-order valence-corrected chi connectivity index (χ4v) is 22.2. The molecule has 0 saturated heterocycles. The van der Waals surface area contributed by atoms with E-state index in [-0.39, 0.29) is 56.2 Å². The molecule has 16 heteroatoms. The van der Waals surface area contributed by atoms with Crippen molar-refractivity contribution in [2.24, 2.45) is 32.5 Å². The van der Waals surface area contributed by atoms with Crippen LogP contribution in [0.5, 0.6) is 0 Å². The van der Waals surface area contributed by atoms with E-state index in [9.17, 15) is 38.4 Å². The fourth-order valence-electron chi connectivity index (χ4n) is 22.2. The molecule has 674 valence electrons. The van der Waals surface area contributed by atoms with Gasteiger partial charge in [0.15, 0.2) is 5.71 Å². The zero-order valence-electron chi connectivity index (χ0n) is 78.4. The quantitative estimate of drug-likeness (QED) is 0.0162. The summed E-state index contributed by atoms with van der Waals surface area (Å²) >= 11 is 0. The number of hydrogen-bond donors (Lipinski definition) is 0. The van der Waals surface area contributed by atoms with E-state index in [1.165, 1.54) is 149 Å². The minimum Gasteiger partial charge on any atom is -0.318 e. The standard InChI is InChI=1S/C30H31NO3.C30H37NO3.C29H35NO3.C24H27NO3/c1-5-17-30(18-6-2)26-14-10-9-13-24(26)25-16-15-22(19-27(25)30)29(33)28(31-34-21(4)32)23-12-8-7-11-20(23)3;1-4-17-30(18-5-2)26-14-10-9-13-24(26)25-16-15-23(20-27(25)30)29(33)28(31-34-21(3)32)19-22-11-7-6-8-12-22;1-4-16-29(17-5-2)25-13-9-8-12-23(25)24-15-14-22(19-26(24)29)28(32)27(30-33-20(3)31)18-21-10-6-7-11-21;1-5-13-24(14-6-2)21-10-8-7-9-19(21)20-12-11-18(15-22(20)24)23(27)16(3)25-28-17(4)26/h7-16,19H,5-6,17-18H2,1-4H3;9-10,13-16,20,22H,4-8,11-12,17-19H2,1-3H3;8-9,12-15,19,21H,4-7,10-11,16-18H2,1-3H3;7-12,15H,5-6,13-14H2,1-4H3/b2*31-28+;30-27+;25-16+. The van der Waals surface area contributed by atoms with Gasteiger partial charge in [-0.1, -0.05) is 355 Å². The molecule has 0 aromatic heterocycles. The van der Waals surface area contributed by atoms with Crippen LogP contribution in [-0.4, -0.2) is 69.9 Å². The molecule has 0 aliphatic heterocycles. The third kappa shape index (κ3) is 20.8. The first-order chi connectivity index (χ1) is 62.4. The average Bonchev–Trinajstić information content (AvgIpc) is 1.59. The van der Waals surface area contributed by atoms with Gasteiger partial charge in [0.2, 0.25) is 23.1 Å². The lowest BCUT2D eigenvalue weighted by Crippen LogP contribution is -2.26. The molecule has 0 bridgehead atoms. The van der Waals surface area contributed by atoms with Crippen LogP contribution in [0, 0.1) is 18.8 Å². The molecule has 129 heavy (non-hydrogen) atoms. The van der Waals surface area contributed by atoms with Gasteiger partial charge in [0.05, 0.1) is 0 Å². The summed E-state index contributed by atoms with van der Waals surface area (Å²) in [6.07, 6.45) is 28.4. The largest absolute Gasteiger partial charge is 0.332 e. The van der Waals surface area contributed by atoms with Gasteiger partial charge in [0.1, 0.15) is 17.1 Å². The highest BCUT2D eigenvalue weighted by Gasteiger charge is 2.47. The van der Waals surface area contributed by atoms with Crippen LogP contribution in [0.1, 0.15) is 360 Å². The van der Waals surface area contributed by atoms with Crippen LogP contribution in [0.25, 0.3) is 44.5 Å². The Morgan fingerprint density at radius 2 is 0.543 bits per heavy atom. The van der Waals surface area contributed by atoms with Crippen LogP contribution in [0.3, 0.4) is 0 Å². The van der Waals surface area contributed by atoms with E-state index in [0.29, 0.717) is 63.9 Å². The summed E-state index contributed by atoms with van der Waals surface area (Å²) in [6, 6.07) is 66.3. The smallest absolute Gasteiger partial charge is 0.318 e. The number of oxime groups is 4. The lowest BCUT2D eigenvalue weighted by molar-refractivity contribution is -0.141. The monoisotopic (exact) mass is 1730 g/mol. The van der Waals surface area contributed by atoms with Crippen molar-refractivity contribution in [3.63, 3.8) is 0 Å². The van der Waals surface area contributed by atoms with Crippen LogP contribution >= 0.6 is 0 Å². The Balaban J connectivity index is 0.000000156. The average molecular weight is 1740 g/mol. The third-order valence-electron chi connectivity index (χ3n) is 27.3. The first kappa shape index (κ1) is 96.3. The maximum absolute atomic E-state index is 13.8. The molecule has 9 aromatic rings. The molecule has 0 radical (unpaired) electrons. The van der Waals surface area contributed by atoms with E-state index in [4.69, 9.17) is 14.5 Å². The number of carbonyl (C=O) groups is 8. The Kier molecular flexibility index (Phi) is 32.9. The molecule has 15 rings (SSSR count). The van der Waals surface area contributed by atoms with E-state index in [0.717, 1.165) is 134 Å². The minimum absolute atomic E-state index is 0.0628. The number of aryl methyl sites for hydroxylation is 1. The van der Waals surface area contributed by atoms with Crippen molar-refractivity contribution in [1.29, 1.82) is 0 Å². The first-order valence-corrected chi connectivity index (χ1v) is 47.6. The summed E-state index contributed by atoms with van der Waals surface area (Å²) in [7, 11) is 0. The number of hydrogen-bond acceptors (Lipinski definition) is 16. The predicted molar refractivity (Wildman–Crippen MR) is 518 cm³/mol. The number of rotatable bonds is 33. The lowest BCUT2D eigenvalue weighted by Gasteiger charge is -2.32. The number of Topliss-reactive ketones (excluding diaryl/α,β-unsaturated/α-hetero) is 4. The second-order valence-corrected chi connectivity index (χ2v) is 36.3. The lowest BCUT2D eigenvalue weighted by atomic mass is 9.71. The highest BCUT2D eigenvalue weighted by atomic mass is 16.7. The SMILES string of the molecule is CCCC1(CCC)c2ccccc2-c2ccc(C(=O)/C(=N/OC(C)=O)c3ccccc3C)cc21.CCCC1(CCC)c2ccccc2-c2ccc(C(=O)/C(C)=N/OC(C)=O)cc21.CCCC1(CCC)c2ccccc2-c2ccc(C(=O)/C(CC3CCCC3)=N/OC(C)=O)cc21.CCCC1(CCC)c2ccccc2-c2ccc(C(=O)/C(CC3CCCCC3)=N/OC(C)=O)cc21. The van der Waals surface area contributed by atoms with Gasteiger partial charge in [-0.25, -0.2) is 19.2 Å². The predicted octanol–water partition coefficient (Wildman–Crippen LogP) is 27.5. The molecular weight excluding hydrogens is 1610 g/mol. The zero-order valence-corrected chi connectivity index (χ0v) is 78.4. The number of nitrogens with zero attached hydrogens (tertiary/aromatic N) is 4. The summed E-state index contributed by atoms with van der Waals surface area (Å²) < 4.78 is 0. The molecular formula is C113H130N4O12. The molecule has 16 nitrogen and oxygen atoms in total. The van der Waals surface area contributed by atoms with Gasteiger partial charge in [-0.15, -0.1) is 0 Å². The fraction of sp³-hybridized carbons (Fsp3) is 0.416. The Labute approximate surface area is 764 Å². The molecule has 2 saturated carbocycles. The molecule has 9 aromatic carbocycles. The Morgan fingerprint density at radius 1 is 0.287 bits per heavy atom. The summed E-state index contributed by atoms with van der Waals surface area (Å²) in [4.78, 5) is 119. The summed E-state index contributed by atoms with van der Waals surface area (Å²) in [5.41, 5.74) is 25.1. The zero-order chi connectivity index (χ0) is 92.2. The van der Waals surface area contributed by atoms with Gasteiger partial charge in [-0.3, -0.25) is 19.2 Å². The molecule has 0 amide bonds. The van der Waals surface area contributed by atoms with E-state index in [2.05, 4.69) is 208 Å². The van der Waals surface area contributed by atoms with Crippen molar-refractivity contribution in [3.8, 4) is 44.5 Å². The van der Waals surface area contributed by atoms with Crippen LogP contribution in [0.4, 0.5) is 0 Å². The Morgan fingerprint density at radius 3 is 0.845 bits per heavy atom. The van der Waals surface area contributed by atoms with Crippen molar-refractivity contribution in [2.45, 2.75) is 292 Å². The summed E-state index contributed by atoms with van der Waals surface area (Å²) in [5, 5.41) is 15.7. The van der Waals surface area contributed by atoms with E-state index in [1.54, 1.807) is 6.92 Å². The molecule has 2 fully saturated rings. The number of benzene rings is 9. The van der Waals surface area contributed by atoms with Gasteiger partial charge in [-0.05, 0) is 209 Å². The van der Waals surface area contributed by atoms with Gasteiger partial charge < -0.3 is 19.4 Å². The second kappa shape index (κ2) is 44.0. The Bertz CT molecular complexity index is 5720. The van der Waals surface area contributed by atoms with Crippen LogP contribution in [0.2, 0.25) is 0 Å². The number of fused-ring (bicyclic) bond motifs is 12. The van der Waals surface area contributed by atoms with E-state index in [1.807, 2.05) is 73.7 Å². The van der Waals surface area contributed by atoms with Crippen LogP contribution in [-0.2, 0) is 60.2 Å². The third-order valence-corrected chi connectivity index (χ3v) is 27.3. The van der Waals surface area contributed by atoms with Crippen LogP contribution in [0.15, 0.2) is 215 Å². The summed E-state index contributed by atoms with van der Waals surface area (Å²) in [5.74, 6) is -1.96. The maximum atomic E-state index is 13.8. The molecule has 6 aliphatic rings. The van der Waals surface area contributed by atoms with Crippen molar-refractivity contribution in [3.05, 3.63) is 272 Å². The highest BCUT2D eigenvalue weighted by molar-refractivity contribution is 6.52. The normalized spacial score (nSPS) is 15.6. The van der Waals surface area contributed by atoms with Crippen molar-refractivity contribution in [2.75, 3.05) is 0 Å². The van der Waals surface area contributed by atoms with Gasteiger partial charge in [0.25, 0.3) is 0 Å². The molecule has 6 aliphatic carbocycles. The molecule has 0 spiro atoms. The number of carbonyl (C=O) groups excluding carboxylic acids is 8. The maximum Gasteiger partial charge on any atom is 0.332 e. The summed E-state index contributed by atoms with van der Waals surface area (Å²) in [6.45, 7) is 26.5. The highest BCUT2D eigenvalue weighted by Crippen LogP contribution is 2.59. The van der Waals surface area contributed by atoms with Gasteiger partial charge in [0, 0.05) is 77.2 Å². The first-order valence-electron chi connectivity index (χ1n) is 47.6. The van der Waals surface area contributed by atoms with Gasteiger partial charge in [-0.2, -0.15) is 0 Å². The minimum atomic E-state index is -0.562. The van der Waals surface area contributed by atoms with Crippen molar-refractivity contribution in [1.82, 2.24) is 0 Å². The van der Waals surface area contributed by atoms with Gasteiger partial charge >= 0.3 is 23.9 Å². The number of ketones is 4. The van der Waals surface area contributed by atoms with Crippen molar-refractivity contribution < 1.29 is 57.7 Å². The Hall–Kier alpha value is -11.8. The van der Waals surface area contributed by atoms with E-state index < -0.39 is 23.9 Å². The van der Waals surface area contributed by atoms with E-state index >= 15 is 0 Å². The molecule has 0 heterocycles. The van der Waals surface area contributed by atoms with Crippen LogP contribution < -0.4 is 0 Å². The van der Waals surface area contributed by atoms with Crippen molar-refractivity contribution >= 4 is 69.9 Å². The molecule has 0 atom stereocenters.